The van der Waals surface area contributed by atoms with Gasteiger partial charge in [0, 0.05) is 26.6 Å². The summed E-state index contributed by atoms with van der Waals surface area (Å²) < 4.78 is 39.2. The summed E-state index contributed by atoms with van der Waals surface area (Å²) >= 11 is 0. The van der Waals surface area contributed by atoms with Gasteiger partial charge in [-0.3, -0.25) is 9.59 Å². The molecule has 0 aromatic heterocycles. The molecule has 0 saturated carbocycles. The summed E-state index contributed by atoms with van der Waals surface area (Å²) in [6, 6.07) is -0.789. The smallest absolute Gasteiger partial charge is 0.369 e. The number of rotatable bonds is 9. The largest absolute Gasteiger partial charge is 0.491 e. The molecule has 0 aliphatic rings. The lowest BCUT2D eigenvalue weighted by Gasteiger charge is -2.17. The average Bonchev–Trinajstić information content (AvgIpc) is 2.49. The van der Waals surface area contributed by atoms with Crippen LogP contribution < -0.4 is 21.7 Å². The number of ether oxygens (including phenoxy) is 1. The Hall–Kier alpha value is -2.37. The van der Waals surface area contributed by atoms with Crippen molar-refractivity contribution < 1.29 is 37.1 Å². The van der Waals surface area contributed by atoms with E-state index in [0.717, 1.165) is 0 Å². The molecule has 0 aromatic carbocycles. The number of hydrogen-bond donors (Lipinski definition) is 4. The molecule has 12 heteroatoms. The number of amides is 3. The van der Waals surface area contributed by atoms with Gasteiger partial charge in [-0.15, -0.1) is 0 Å². The Morgan fingerprint density at radius 2 is 1.72 bits per heavy atom. The monoisotopic (exact) mass is 370 g/mol. The van der Waals surface area contributed by atoms with Gasteiger partial charge in [-0.05, 0) is 19.3 Å². The summed E-state index contributed by atoms with van der Waals surface area (Å²) in [5.74, 6) is -3.42. The van der Waals surface area contributed by atoms with Gasteiger partial charge in [0.2, 0.25) is 11.8 Å². The van der Waals surface area contributed by atoms with Crippen molar-refractivity contribution in [2.75, 3.05) is 19.6 Å². The molecule has 9 nitrogen and oxygen atoms in total. The zero-order valence-corrected chi connectivity index (χ0v) is 13.6. The highest BCUT2D eigenvalue weighted by Crippen LogP contribution is 2.16. The molecule has 0 bridgehead atoms. The van der Waals surface area contributed by atoms with Crippen molar-refractivity contribution in [2.24, 2.45) is 5.73 Å². The molecule has 0 aromatic rings. The van der Waals surface area contributed by atoms with Gasteiger partial charge in [-0.2, -0.15) is 13.2 Å². The van der Waals surface area contributed by atoms with Crippen LogP contribution in [0.3, 0.4) is 0 Å². The van der Waals surface area contributed by atoms with E-state index in [2.05, 4.69) is 15.4 Å². The standard InChI is InChI=1S/C13H21F3N4O5/c1-8(21)20-9(10(22)18-7-5-17)4-2-3-6-19-12(24)25-11(23)13(14,15)16/h9H,2-7,17H2,1H3,(H,18,22)(H,19,24)(H,20,21)/t9-/m0/s1. The molecular weight excluding hydrogens is 349 g/mol. The molecule has 1 atom stereocenters. The summed E-state index contributed by atoms with van der Waals surface area (Å²) in [4.78, 5) is 44.3. The van der Waals surface area contributed by atoms with Crippen LogP contribution >= 0.6 is 0 Å². The fraction of sp³-hybridized carbons (Fsp3) is 0.692. The second-order valence-corrected chi connectivity index (χ2v) is 4.93. The number of esters is 1. The molecule has 0 heterocycles. The van der Waals surface area contributed by atoms with Crippen LogP contribution in [0.4, 0.5) is 18.0 Å². The van der Waals surface area contributed by atoms with Crippen molar-refractivity contribution in [2.45, 2.75) is 38.4 Å². The number of unbranched alkanes of at least 4 members (excludes halogenated alkanes) is 1. The maximum Gasteiger partial charge on any atom is 0.491 e. The molecule has 3 amide bonds. The third kappa shape index (κ3) is 10.9. The van der Waals surface area contributed by atoms with E-state index in [0.29, 0.717) is 6.42 Å². The van der Waals surface area contributed by atoms with E-state index >= 15 is 0 Å². The van der Waals surface area contributed by atoms with Crippen LogP contribution in [0.15, 0.2) is 0 Å². The van der Waals surface area contributed by atoms with Gasteiger partial charge in [0.1, 0.15) is 6.04 Å². The zero-order chi connectivity index (χ0) is 19.5. The number of carbonyl (C=O) groups excluding carboxylic acids is 4. The van der Waals surface area contributed by atoms with Gasteiger partial charge in [0.25, 0.3) is 0 Å². The third-order valence-electron chi connectivity index (χ3n) is 2.74. The number of nitrogens with two attached hydrogens (primary N) is 1. The van der Waals surface area contributed by atoms with Crippen LogP contribution in [0.5, 0.6) is 0 Å². The van der Waals surface area contributed by atoms with Crippen molar-refractivity contribution in [1.29, 1.82) is 0 Å². The highest BCUT2D eigenvalue weighted by atomic mass is 19.4. The summed E-state index contributed by atoms with van der Waals surface area (Å²) in [5, 5.41) is 6.95. The Kier molecular flexibility index (Phi) is 10.2. The first-order valence-corrected chi connectivity index (χ1v) is 7.39. The van der Waals surface area contributed by atoms with Gasteiger partial charge in [0.15, 0.2) is 0 Å². The van der Waals surface area contributed by atoms with Gasteiger partial charge >= 0.3 is 18.2 Å². The zero-order valence-electron chi connectivity index (χ0n) is 13.6. The molecule has 5 N–H and O–H groups in total. The minimum atomic E-state index is -5.25. The molecule has 0 radical (unpaired) electrons. The molecule has 144 valence electrons. The van der Waals surface area contributed by atoms with E-state index in [4.69, 9.17) is 5.73 Å². The van der Waals surface area contributed by atoms with Gasteiger partial charge in [0.05, 0.1) is 0 Å². The molecule has 0 spiro atoms. The molecule has 25 heavy (non-hydrogen) atoms. The lowest BCUT2D eigenvalue weighted by molar-refractivity contribution is -0.192. The number of alkyl halides is 3. The molecule has 0 fully saturated rings. The van der Waals surface area contributed by atoms with Crippen LogP contribution in [-0.4, -0.2) is 55.7 Å². The molecular formula is C13H21F3N4O5. The highest BCUT2D eigenvalue weighted by Gasteiger charge is 2.42. The minimum Gasteiger partial charge on any atom is -0.369 e. The lowest BCUT2D eigenvalue weighted by atomic mass is 10.1. The van der Waals surface area contributed by atoms with Crippen LogP contribution in [0.2, 0.25) is 0 Å². The van der Waals surface area contributed by atoms with Crippen LogP contribution in [0.25, 0.3) is 0 Å². The number of halogens is 3. The fourth-order valence-electron chi connectivity index (χ4n) is 1.67. The Labute approximate surface area is 141 Å². The van der Waals surface area contributed by atoms with Crippen molar-refractivity contribution in [3.8, 4) is 0 Å². The number of hydrogen-bond acceptors (Lipinski definition) is 6. The Morgan fingerprint density at radius 3 is 2.24 bits per heavy atom. The van der Waals surface area contributed by atoms with Crippen molar-refractivity contribution in [3.63, 3.8) is 0 Å². The van der Waals surface area contributed by atoms with E-state index in [1.54, 1.807) is 0 Å². The molecule has 0 rings (SSSR count). The SMILES string of the molecule is CC(=O)N[C@@H](CCCCNC(=O)OC(=O)C(F)(F)F)C(=O)NCCN. The Morgan fingerprint density at radius 1 is 1.08 bits per heavy atom. The van der Waals surface area contributed by atoms with E-state index < -0.39 is 36.1 Å². The van der Waals surface area contributed by atoms with Gasteiger partial charge < -0.3 is 26.4 Å². The lowest BCUT2D eigenvalue weighted by Crippen LogP contribution is -2.47. The summed E-state index contributed by atoms with van der Waals surface area (Å²) in [5.41, 5.74) is 5.26. The second-order valence-electron chi connectivity index (χ2n) is 4.93. The normalized spacial score (nSPS) is 12.0. The summed E-state index contributed by atoms with van der Waals surface area (Å²) in [7, 11) is 0. The van der Waals surface area contributed by atoms with E-state index in [9.17, 15) is 32.3 Å². The van der Waals surface area contributed by atoms with Crippen molar-refractivity contribution in [1.82, 2.24) is 16.0 Å². The van der Waals surface area contributed by atoms with E-state index in [1.807, 2.05) is 5.32 Å². The minimum absolute atomic E-state index is 0.0683. The number of nitrogens with one attached hydrogen (secondary N) is 3. The van der Waals surface area contributed by atoms with Crippen molar-refractivity contribution in [3.05, 3.63) is 0 Å². The Bertz CT molecular complexity index is 485. The van der Waals surface area contributed by atoms with Crippen LogP contribution in [-0.2, 0) is 19.1 Å². The summed E-state index contributed by atoms with van der Waals surface area (Å²) in [6.45, 7) is 1.66. The second kappa shape index (κ2) is 11.2. The third-order valence-corrected chi connectivity index (χ3v) is 2.74. The topological polar surface area (TPSA) is 140 Å². The molecule has 0 aliphatic heterocycles. The Balaban J connectivity index is 4.12. The van der Waals surface area contributed by atoms with Crippen LogP contribution in [0.1, 0.15) is 26.2 Å². The first-order valence-electron chi connectivity index (χ1n) is 7.39. The average molecular weight is 370 g/mol. The molecule has 0 unspecified atom stereocenters. The molecule has 0 aliphatic carbocycles. The molecule has 0 saturated heterocycles. The summed E-state index contributed by atoms with van der Waals surface area (Å²) in [6.07, 6.45) is -5.86. The van der Waals surface area contributed by atoms with E-state index in [-0.39, 0.29) is 32.5 Å². The maximum atomic E-state index is 11.9. The van der Waals surface area contributed by atoms with Crippen molar-refractivity contribution >= 4 is 23.9 Å². The van der Waals surface area contributed by atoms with Gasteiger partial charge in [-0.1, -0.05) is 0 Å². The first-order chi connectivity index (χ1) is 11.6. The predicted octanol–water partition coefficient (Wildman–Crippen LogP) is -0.449. The van der Waals surface area contributed by atoms with Crippen LogP contribution in [0, 0.1) is 0 Å². The fourth-order valence-corrected chi connectivity index (χ4v) is 1.67. The highest BCUT2D eigenvalue weighted by molar-refractivity contribution is 5.87. The quantitative estimate of drug-likeness (QED) is 0.246. The van der Waals surface area contributed by atoms with E-state index in [1.165, 1.54) is 6.92 Å². The number of carbonyl (C=O) groups is 4. The first kappa shape index (κ1) is 22.6. The predicted molar refractivity (Wildman–Crippen MR) is 79.1 cm³/mol. The number of alkyl carbamates (subject to hydrolysis) is 1. The maximum absolute atomic E-state index is 11.9. The van der Waals surface area contributed by atoms with Gasteiger partial charge in [-0.25, -0.2) is 9.59 Å².